The average molecular weight is 1850 g/mol. The van der Waals surface area contributed by atoms with Gasteiger partial charge in [-0.3, -0.25) is 28.8 Å². The number of cyclic esters (lactones) is 1. The molecular formula is C95H140N6O26S2. The van der Waals surface area contributed by atoms with Crippen LogP contribution in [0.15, 0.2) is 107 Å². The highest BCUT2D eigenvalue weighted by molar-refractivity contribution is 7.91. The summed E-state index contributed by atoms with van der Waals surface area (Å²) in [6.45, 7) is 21.1. The first-order valence-electron chi connectivity index (χ1n) is 45.4. The highest BCUT2D eigenvalue weighted by atomic mass is 32.2. The van der Waals surface area contributed by atoms with Crippen LogP contribution in [0.25, 0.3) is 11.1 Å². The van der Waals surface area contributed by atoms with E-state index in [1.165, 1.54) is 30.2 Å². The molecule has 8 rings (SSSR count). The van der Waals surface area contributed by atoms with Gasteiger partial charge in [-0.25, -0.2) is 18.2 Å². The number of carbonyl (C=O) groups is 7. The van der Waals surface area contributed by atoms with E-state index < -0.39 is 93.5 Å². The first kappa shape index (κ1) is 106. The standard InChI is InChI=1S/C95H140N6O26S2/c1-63-17-13-12-14-18-64(2)82(113-9)59-75-24-20-70(8)95(110,127-75)90(106)92(108)101-33-16-15-19-78(101)93(109)125-83(60-79(102)66(4)54-69(7)88(105)89(115-11)87(104)68(6)53-63)67(5)55-71-21-27-81(84(57-71)114-10)126-94(128)98-31-36-117-39-41-119-43-45-121-47-49-123-51-50-122-48-46-120-44-42-118-40-38-116-35-30-86(103)97-32-52-129(111,112)76-25-26-77(65(3)56-76)91(107)100-34-37-124-80-28-22-72(58-74(80)62-100)73-23-29-85(96)99-61-73/h12-14,17-18,22-23,25-26,28-29,54,56,58,61,63,66-68,70-71,75,78,81-84,88-89,105,110H,15-16,19-21,24,27,30-53,55,57,59-60,62H2,1-11H3,(H2,96,99)(H,97,103)(H,98,128)/b14-12+,17-13+,64-18+,69-54+/t63-,66-,67-,68-,70-,71+,75+,78+,81-,82+,83+,84-,88-,89+,95-/m1/s1. The summed E-state index contributed by atoms with van der Waals surface area (Å²) in [5.74, 6) is -8.30. The maximum atomic E-state index is 14.8. The van der Waals surface area contributed by atoms with Gasteiger partial charge >= 0.3 is 5.97 Å². The second kappa shape index (κ2) is 55.6. The molecule has 3 amide bonds. The Balaban J connectivity index is 0.643. The molecule has 15 atom stereocenters. The third-order valence-corrected chi connectivity index (χ3v) is 26.2. The molecule has 6 N–H and O–H groups in total. The molecular weight excluding hydrogens is 1710 g/mol. The van der Waals surface area contributed by atoms with Crippen molar-refractivity contribution >= 4 is 74.1 Å². The Kier molecular flexibility index (Phi) is 45.9. The Bertz CT molecular complexity index is 4300. The Hall–Kier alpha value is -7.88. The van der Waals surface area contributed by atoms with E-state index in [0.717, 1.165) is 22.3 Å². The molecule has 5 aliphatic rings. The number of fused-ring (bicyclic) bond motifs is 4. The number of piperidine rings is 1. The summed E-state index contributed by atoms with van der Waals surface area (Å²) in [7, 11) is 0.773. The predicted molar refractivity (Wildman–Crippen MR) is 486 cm³/mol. The van der Waals surface area contributed by atoms with Crippen molar-refractivity contribution < 1.29 is 123 Å². The van der Waals surface area contributed by atoms with Gasteiger partial charge in [0.05, 0.1) is 141 Å². The minimum Gasteiger partial charge on any atom is -0.491 e. The van der Waals surface area contributed by atoms with Crippen LogP contribution < -0.4 is 21.1 Å². The van der Waals surface area contributed by atoms with Gasteiger partial charge in [-0.2, -0.15) is 0 Å². The number of sulfone groups is 1. The quantitative estimate of drug-likeness (QED) is 0.0116. The molecule has 5 heterocycles. The van der Waals surface area contributed by atoms with E-state index in [1.54, 1.807) is 65.2 Å². The Morgan fingerprint density at radius 3 is 1.98 bits per heavy atom. The highest BCUT2D eigenvalue weighted by Crippen LogP contribution is 2.39. The van der Waals surface area contributed by atoms with Gasteiger partial charge in [0.1, 0.15) is 54.4 Å². The summed E-state index contributed by atoms with van der Waals surface area (Å²) in [5.41, 5.74) is 10.5. The summed E-state index contributed by atoms with van der Waals surface area (Å²) in [6, 6.07) is 12.6. The van der Waals surface area contributed by atoms with Gasteiger partial charge < -0.3 is 107 Å². The number of allylic oxidation sites excluding steroid dienone is 6. The first-order chi connectivity index (χ1) is 61.9. The number of aromatic nitrogens is 1. The number of hydrogen-bond donors (Lipinski definition) is 5. The largest absolute Gasteiger partial charge is 0.491 e. The third-order valence-electron chi connectivity index (χ3n) is 24.2. The highest BCUT2D eigenvalue weighted by Gasteiger charge is 2.53. The predicted octanol–water partition coefficient (Wildman–Crippen LogP) is 9.18. The second-order valence-corrected chi connectivity index (χ2v) is 36.5. The van der Waals surface area contributed by atoms with E-state index in [4.69, 9.17) is 89.0 Å². The number of ketones is 3. The van der Waals surface area contributed by atoms with Crippen molar-refractivity contribution in [2.24, 2.45) is 35.5 Å². The van der Waals surface area contributed by atoms with Crippen molar-refractivity contribution in [1.29, 1.82) is 0 Å². The molecule has 0 spiro atoms. The Morgan fingerprint density at radius 2 is 1.35 bits per heavy atom. The van der Waals surface area contributed by atoms with Gasteiger partial charge in [-0.1, -0.05) is 77.1 Å². The van der Waals surface area contributed by atoms with E-state index >= 15 is 0 Å². The maximum Gasteiger partial charge on any atom is 0.329 e. The van der Waals surface area contributed by atoms with Gasteiger partial charge in [0.2, 0.25) is 11.7 Å². The minimum atomic E-state index is -3.78. The van der Waals surface area contributed by atoms with E-state index in [1.807, 2.05) is 82.3 Å². The lowest BCUT2D eigenvalue weighted by Crippen LogP contribution is -2.61. The molecule has 129 heavy (non-hydrogen) atoms. The van der Waals surface area contributed by atoms with Crippen LogP contribution in [0.2, 0.25) is 0 Å². The summed E-state index contributed by atoms with van der Waals surface area (Å²) in [5, 5.41) is 29.7. The number of aliphatic hydroxyl groups is 2. The van der Waals surface area contributed by atoms with Gasteiger partial charge in [-0.05, 0) is 180 Å². The number of hydrogen-bond acceptors (Lipinski definition) is 29. The zero-order chi connectivity index (χ0) is 93.4. The number of amides is 3. The lowest BCUT2D eigenvalue weighted by molar-refractivity contribution is -0.265. The summed E-state index contributed by atoms with van der Waals surface area (Å²) >= 11 is 5.61. The molecule has 1 aliphatic carbocycles. The van der Waals surface area contributed by atoms with Crippen molar-refractivity contribution in [1.82, 2.24) is 25.4 Å². The monoisotopic (exact) mass is 1840 g/mol. The molecule has 0 radical (unpaired) electrons. The molecule has 32 nitrogen and oxygen atoms in total. The van der Waals surface area contributed by atoms with Crippen LogP contribution in [-0.2, 0) is 111 Å². The molecule has 2 bridgehead atoms. The maximum absolute atomic E-state index is 14.8. The summed E-state index contributed by atoms with van der Waals surface area (Å²) in [6.07, 6.45) is 12.5. The van der Waals surface area contributed by atoms with Crippen LogP contribution in [0, 0.1) is 42.4 Å². The molecule has 0 unspecified atom stereocenters. The molecule has 3 fully saturated rings. The number of Topliss-reactive ketones (excluding diaryl/α,β-unsaturated/α-hetero) is 3. The smallest absolute Gasteiger partial charge is 0.329 e. The molecule has 2 saturated heterocycles. The third kappa shape index (κ3) is 34.3. The number of thiocarbonyl (C=S) groups is 1. The molecule has 1 aromatic heterocycles. The van der Waals surface area contributed by atoms with Gasteiger partial charge in [-0.15, -0.1) is 0 Å². The van der Waals surface area contributed by atoms with Gasteiger partial charge in [0.15, 0.2) is 15.6 Å². The Morgan fingerprint density at radius 1 is 0.698 bits per heavy atom. The number of pyridine rings is 1. The first-order valence-corrected chi connectivity index (χ1v) is 47.4. The van der Waals surface area contributed by atoms with Crippen LogP contribution in [0.3, 0.4) is 0 Å². The lowest BCUT2D eigenvalue weighted by Gasteiger charge is -2.42. The van der Waals surface area contributed by atoms with E-state index in [0.29, 0.717) is 205 Å². The average Bonchev–Trinajstić information content (AvgIpc) is 1.08. The number of carbonyl (C=O) groups excluding carboxylic acids is 7. The fourth-order valence-electron chi connectivity index (χ4n) is 16.5. The number of nitrogens with one attached hydrogen (secondary N) is 2. The zero-order valence-electron chi connectivity index (χ0n) is 77.1. The SMILES string of the molecule is CO[C@H]1C[C@@H]2CC[C@@H](C)[C@@](O)(O2)C(=O)C(=O)N2CCCC[C@H]2C(=O)O[C@H]([C@H](C)C[C@@H]2CC[C@@H](OC(=S)NCCOCCOCCOCCOCCOCCOCCOCCOCCC(=O)NCCS(=O)(=O)c3ccc(C(=O)N4CCOc5ccc(-c6ccc(N)nc6)cc5C4)c(C)c3)[C@H](OC)C2)CC(=O)[C@H](C)/C=C(\C)[C@@H](O)[C@@H](OC)C(=O)[C@H](C)C[C@H](C)/C=C/C=C/C=C/1C. The number of rotatable bonds is 40. The number of methoxy groups -OCH3 is 3. The fraction of sp³-hybridized carbons (Fsp3) is 0.653. The van der Waals surface area contributed by atoms with Crippen molar-refractivity contribution in [2.45, 2.75) is 205 Å². The minimum absolute atomic E-state index is 0.0154. The van der Waals surface area contributed by atoms with Crippen molar-refractivity contribution in [2.75, 3.05) is 171 Å². The number of nitrogens with zero attached hydrogens (tertiary/aromatic N) is 3. The molecule has 1 saturated carbocycles. The molecule has 3 aromatic rings. The number of anilines is 1. The zero-order valence-corrected chi connectivity index (χ0v) is 78.8. The topological polar surface area (TPSA) is 402 Å². The number of benzene rings is 2. The number of aliphatic hydroxyl groups excluding tert-OH is 1. The molecule has 718 valence electrons. The van der Waals surface area contributed by atoms with Crippen LogP contribution in [0.1, 0.15) is 153 Å². The number of aryl methyl sites for hydroxylation is 1. The van der Waals surface area contributed by atoms with E-state index in [2.05, 4.69) is 15.6 Å². The van der Waals surface area contributed by atoms with Crippen LogP contribution in [0.5, 0.6) is 5.75 Å². The van der Waals surface area contributed by atoms with Crippen molar-refractivity contribution in [3.05, 3.63) is 119 Å². The van der Waals surface area contributed by atoms with Crippen LogP contribution >= 0.6 is 12.2 Å². The molecule has 4 aliphatic heterocycles. The van der Waals surface area contributed by atoms with Gasteiger partial charge in [0.25, 0.3) is 22.8 Å². The van der Waals surface area contributed by atoms with E-state index in [9.17, 15) is 52.2 Å². The molecule has 2 aromatic carbocycles. The van der Waals surface area contributed by atoms with Crippen LogP contribution in [-0.4, -0.2) is 300 Å². The van der Waals surface area contributed by atoms with Crippen molar-refractivity contribution in [3.63, 3.8) is 0 Å². The Labute approximate surface area is 766 Å². The molecule has 34 heteroatoms. The second-order valence-electron chi connectivity index (χ2n) is 34.1. The number of nitrogens with two attached hydrogens (primary N) is 1. The van der Waals surface area contributed by atoms with Crippen molar-refractivity contribution in [3.8, 4) is 16.9 Å². The summed E-state index contributed by atoms with van der Waals surface area (Å²) < 4.78 is 114. The normalized spacial score (nSPS) is 26.7. The van der Waals surface area contributed by atoms with E-state index in [-0.39, 0.29) is 115 Å². The fourth-order valence-corrected chi connectivity index (χ4v) is 18.0. The van der Waals surface area contributed by atoms with Crippen LogP contribution in [0.4, 0.5) is 5.82 Å². The number of ether oxygens (including phenoxy) is 15. The lowest BCUT2D eigenvalue weighted by atomic mass is 9.78. The number of nitrogen functional groups attached to an aromatic ring is 1. The van der Waals surface area contributed by atoms with Gasteiger partial charge in [0, 0.05) is 107 Å². The number of esters is 1. The summed E-state index contributed by atoms with van der Waals surface area (Å²) in [4.78, 5) is 106.